The molecule has 0 bridgehead atoms. The van der Waals surface area contributed by atoms with Crippen LogP contribution in [0.2, 0.25) is 0 Å². The largest absolute Gasteiger partial charge is 0.484 e. The summed E-state index contributed by atoms with van der Waals surface area (Å²) < 4.78 is 5.35. The smallest absolute Gasteiger partial charge is 0.258 e. The minimum absolute atomic E-state index is 0.0404. The predicted octanol–water partition coefficient (Wildman–Crippen LogP) is 1.68. The maximum Gasteiger partial charge on any atom is 0.258 e. The standard InChI is InChI=1S/C12H15NO2/c1-3-8-13-12(14)9-15-11-7-5-4-6-10(11)2/h3-7H,1,8-9H2,2H3,(H,13,14). The highest BCUT2D eigenvalue weighted by Crippen LogP contribution is 2.15. The quantitative estimate of drug-likeness (QED) is 0.743. The van der Waals surface area contributed by atoms with E-state index in [1.807, 2.05) is 31.2 Å². The molecule has 0 aliphatic carbocycles. The van der Waals surface area contributed by atoms with E-state index in [4.69, 9.17) is 4.74 Å². The maximum absolute atomic E-state index is 11.2. The second kappa shape index (κ2) is 5.86. The number of carbonyl (C=O) groups is 1. The van der Waals surface area contributed by atoms with Gasteiger partial charge in [0.15, 0.2) is 6.61 Å². The fraction of sp³-hybridized carbons (Fsp3) is 0.250. The molecule has 15 heavy (non-hydrogen) atoms. The second-order valence-corrected chi connectivity index (χ2v) is 3.15. The van der Waals surface area contributed by atoms with Crippen LogP contribution in [0.1, 0.15) is 5.56 Å². The van der Waals surface area contributed by atoms with E-state index in [1.54, 1.807) is 6.08 Å². The van der Waals surface area contributed by atoms with Crippen LogP contribution in [0.3, 0.4) is 0 Å². The third kappa shape index (κ3) is 3.85. The van der Waals surface area contributed by atoms with Crippen molar-refractivity contribution in [1.82, 2.24) is 5.32 Å². The molecule has 0 spiro atoms. The first kappa shape index (κ1) is 11.3. The molecule has 1 rings (SSSR count). The minimum atomic E-state index is -0.141. The van der Waals surface area contributed by atoms with Crippen LogP contribution in [0.15, 0.2) is 36.9 Å². The van der Waals surface area contributed by atoms with E-state index in [2.05, 4.69) is 11.9 Å². The van der Waals surface area contributed by atoms with E-state index in [0.29, 0.717) is 6.54 Å². The fourth-order valence-corrected chi connectivity index (χ4v) is 1.10. The third-order valence-electron chi connectivity index (χ3n) is 1.90. The molecule has 0 saturated heterocycles. The van der Waals surface area contributed by atoms with Gasteiger partial charge in [0.2, 0.25) is 0 Å². The van der Waals surface area contributed by atoms with Gasteiger partial charge in [-0.1, -0.05) is 24.3 Å². The molecule has 1 N–H and O–H groups in total. The molecule has 1 amide bonds. The number of aryl methyl sites for hydroxylation is 1. The number of rotatable bonds is 5. The number of para-hydroxylation sites is 1. The van der Waals surface area contributed by atoms with Crippen molar-refractivity contribution in [3.63, 3.8) is 0 Å². The van der Waals surface area contributed by atoms with Crippen LogP contribution in [-0.2, 0) is 4.79 Å². The summed E-state index contributed by atoms with van der Waals surface area (Å²) >= 11 is 0. The first-order valence-electron chi connectivity index (χ1n) is 4.80. The monoisotopic (exact) mass is 205 g/mol. The summed E-state index contributed by atoms with van der Waals surface area (Å²) in [6, 6.07) is 7.59. The van der Waals surface area contributed by atoms with Crippen molar-refractivity contribution in [1.29, 1.82) is 0 Å². The zero-order valence-corrected chi connectivity index (χ0v) is 8.82. The number of hydrogen-bond acceptors (Lipinski definition) is 2. The Morgan fingerprint density at radius 3 is 2.93 bits per heavy atom. The van der Waals surface area contributed by atoms with Crippen molar-refractivity contribution in [2.75, 3.05) is 13.2 Å². The lowest BCUT2D eigenvalue weighted by molar-refractivity contribution is -0.122. The number of hydrogen-bond donors (Lipinski definition) is 1. The highest BCUT2D eigenvalue weighted by molar-refractivity contribution is 5.77. The minimum Gasteiger partial charge on any atom is -0.484 e. The van der Waals surface area contributed by atoms with Crippen LogP contribution >= 0.6 is 0 Å². The van der Waals surface area contributed by atoms with Crippen molar-refractivity contribution >= 4 is 5.91 Å². The van der Waals surface area contributed by atoms with Crippen molar-refractivity contribution in [2.45, 2.75) is 6.92 Å². The van der Waals surface area contributed by atoms with Crippen LogP contribution in [0.25, 0.3) is 0 Å². The van der Waals surface area contributed by atoms with Crippen molar-refractivity contribution in [3.8, 4) is 5.75 Å². The summed E-state index contributed by atoms with van der Waals surface area (Å²) in [5.74, 6) is 0.601. The zero-order chi connectivity index (χ0) is 11.1. The number of nitrogens with one attached hydrogen (secondary N) is 1. The average molecular weight is 205 g/mol. The summed E-state index contributed by atoms with van der Waals surface area (Å²) in [6.07, 6.45) is 1.63. The lowest BCUT2D eigenvalue weighted by Crippen LogP contribution is -2.28. The first-order chi connectivity index (χ1) is 7.24. The van der Waals surface area contributed by atoms with Gasteiger partial charge >= 0.3 is 0 Å². The highest BCUT2D eigenvalue weighted by Gasteiger charge is 2.02. The van der Waals surface area contributed by atoms with Gasteiger partial charge in [-0.3, -0.25) is 4.79 Å². The topological polar surface area (TPSA) is 38.3 Å². The van der Waals surface area contributed by atoms with Gasteiger partial charge in [-0.15, -0.1) is 6.58 Å². The lowest BCUT2D eigenvalue weighted by Gasteiger charge is -2.08. The van der Waals surface area contributed by atoms with Gasteiger partial charge in [0.1, 0.15) is 5.75 Å². The fourth-order valence-electron chi connectivity index (χ4n) is 1.10. The van der Waals surface area contributed by atoms with Gasteiger partial charge in [0.25, 0.3) is 5.91 Å². The normalized spacial score (nSPS) is 9.40. The maximum atomic E-state index is 11.2. The molecule has 0 aliphatic heterocycles. The Hall–Kier alpha value is -1.77. The summed E-state index contributed by atoms with van der Waals surface area (Å²) in [5, 5.41) is 2.64. The molecule has 3 heteroatoms. The van der Waals surface area contributed by atoms with Crippen LogP contribution in [0.4, 0.5) is 0 Å². The molecule has 0 saturated carbocycles. The zero-order valence-electron chi connectivity index (χ0n) is 8.82. The van der Waals surface area contributed by atoms with Crippen LogP contribution in [0.5, 0.6) is 5.75 Å². The molecule has 0 heterocycles. The molecule has 0 atom stereocenters. The molecule has 0 aromatic heterocycles. The molecule has 80 valence electrons. The van der Waals surface area contributed by atoms with Crippen LogP contribution in [0, 0.1) is 6.92 Å². The second-order valence-electron chi connectivity index (χ2n) is 3.15. The summed E-state index contributed by atoms with van der Waals surface area (Å²) in [4.78, 5) is 11.2. The van der Waals surface area contributed by atoms with Crippen molar-refractivity contribution in [2.24, 2.45) is 0 Å². The Bertz CT molecular complexity index is 347. The SMILES string of the molecule is C=CCNC(=O)COc1ccccc1C. The van der Waals surface area contributed by atoms with E-state index in [1.165, 1.54) is 0 Å². The van der Waals surface area contributed by atoms with Gasteiger partial charge < -0.3 is 10.1 Å². The molecular formula is C12H15NO2. The number of carbonyl (C=O) groups excluding carboxylic acids is 1. The first-order valence-corrected chi connectivity index (χ1v) is 4.80. The summed E-state index contributed by atoms with van der Waals surface area (Å²) in [7, 11) is 0. The lowest BCUT2D eigenvalue weighted by atomic mass is 10.2. The van der Waals surface area contributed by atoms with E-state index in [9.17, 15) is 4.79 Å². The van der Waals surface area contributed by atoms with E-state index >= 15 is 0 Å². The van der Waals surface area contributed by atoms with E-state index in [0.717, 1.165) is 11.3 Å². The van der Waals surface area contributed by atoms with Crippen molar-refractivity contribution < 1.29 is 9.53 Å². The highest BCUT2D eigenvalue weighted by atomic mass is 16.5. The molecular weight excluding hydrogens is 190 g/mol. The van der Waals surface area contributed by atoms with E-state index < -0.39 is 0 Å². The molecule has 1 aromatic rings. The Labute approximate surface area is 89.8 Å². The average Bonchev–Trinajstić information content (AvgIpc) is 2.25. The van der Waals surface area contributed by atoms with Crippen molar-refractivity contribution in [3.05, 3.63) is 42.5 Å². The Balaban J connectivity index is 2.40. The molecule has 0 radical (unpaired) electrons. The molecule has 0 fully saturated rings. The van der Waals surface area contributed by atoms with Gasteiger partial charge in [0.05, 0.1) is 0 Å². The number of ether oxygens (including phenoxy) is 1. The molecule has 1 aromatic carbocycles. The number of benzene rings is 1. The predicted molar refractivity (Wildman–Crippen MR) is 59.9 cm³/mol. The molecule has 0 unspecified atom stereocenters. The summed E-state index contributed by atoms with van der Waals surface area (Å²) in [5.41, 5.74) is 1.02. The Morgan fingerprint density at radius 1 is 1.53 bits per heavy atom. The number of amides is 1. The van der Waals surface area contributed by atoms with Gasteiger partial charge in [-0.25, -0.2) is 0 Å². The molecule has 0 aliphatic rings. The third-order valence-corrected chi connectivity index (χ3v) is 1.90. The molecule has 3 nitrogen and oxygen atoms in total. The van der Waals surface area contributed by atoms with Gasteiger partial charge in [-0.2, -0.15) is 0 Å². The van der Waals surface area contributed by atoms with Gasteiger partial charge in [0, 0.05) is 6.54 Å². The van der Waals surface area contributed by atoms with E-state index in [-0.39, 0.29) is 12.5 Å². The Morgan fingerprint density at radius 2 is 2.27 bits per heavy atom. The van der Waals surface area contributed by atoms with Crippen LogP contribution < -0.4 is 10.1 Å². The Kier molecular flexibility index (Phi) is 4.41. The summed E-state index contributed by atoms with van der Waals surface area (Å²) in [6.45, 7) is 5.96. The van der Waals surface area contributed by atoms with Gasteiger partial charge in [-0.05, 0) is 18.6 Å². The van der Waals surface area contributed by atoms with Crippen LogP contribution in [-0.4, -0.2) is 19.1 Å².